The second kappa shape index (κ2) is 14.2. The van der Waals surface area contributed by atoms with Gasteiger partial charge in [0.2, 0.25) is 11.8 Å². The highest BCUT2D eigenvalue weighted by molar-refractivity contribution is 7.19. The maximum atomic E-state index is 14.0. The van der Waals surface area contributed by atoms with Crippen LogP contribution in [0.2, 0.25) is 0 Å². The summed E-state index contributed by atoms with van der Waals surface area (Å²) in [5, 5.41) is 5.51. The van der Waals surface area contributed by atoms with Crippen LogP contribution in [0.1, 0.15) is 23.4 Å². The van der Waals surface area contributed by atoms with Gasteiger partial charge in [-0.1, -0.05) is 12.1 Å². The number of alkyl carbamates (subject to hydrolysis) is 1. The SMILES string of the molecule is COC(=O)NC(CCC=CC(N)=O)C(=O)Nc1cccn(Cc2nc3cccc(OCc4ccc(F)cc4F)c3s2)c1=O. The molecule has 0 spiro atoms. The van der Waals surface area contributed by atoms with Crippen molar-refractivity contribution in [1.29, 1.82) is 0 Å². The number of carbonyl (C=O) groups excluding carboxylic acids is 3. The Morgan fingerprint density at radius 1 is 1.16 bits per heavy atom. The lowest BCUT2D eigenvalue weighted by atomic mass is 10.1. The highest BCUT2D eigenvalue weighted by Gasteiger charge is 2.22. The molecule has 0 fully saturated rings. The number of rotatable bonds is 12. The van der Waals surface area contributed by atoms with Crippen LogP contribution in [-0.4, -0.2) is 40.6 Å². The van der Waals surface area contributed by atoms with Crippen LogP contribution in [0.3, 0.4) is 0 Å². The highest BCUT2D eigenvalue weighted by Crippen LogP contribution is 2.32. The minimum atomic E-state index is -1.07. The molecule has 1 unspecified atom stereocenters. The summed E-state index contributed by atoms with van der Waals surface area (Å²) >= 11 is 1.28. The molecule has 0 aliphatic heterocycles. The minimum Gasteiger partial charge on any atom is -0.487 e. The molecule has 0 saturated heterocycles. The number of ether oxygens (including phenoxy) is 2. The van der Waals surface area contributed by atoms with Crippen LogP contribution in [0, 0.1) is 11.6 Å². The van der Waals surface area contributed by atoms with Gasteiger partial charge in [0.15, 0.2) is 0 Å². The Balaban J connectivity index is 1.48. The van der Waals surface area contributed by atoms with E-state index in [0.29, 0.717) is 21.0 Å². The molecular weight excluding hydrogens is 584 g/mol. The maximum absolute atomic E-state index is 14.0. The standard InChI is InChI=1S/C29H27F2N5O6S/c1-41-29(40)35-21(6-2-3-10-24(32)37)27(38)34-22-8-5-13-36(28(22)39)15-25-33-20-7-4-9-23(26(20)43-25)42-16-17-11-12-18(30)14-19(17)31/h3-5,7-14,21H,2,6,15-16H2,1H3,(H2,32,37)(H,34,38)(H,35,40). The number of hydrogen-bond donors (Lipinski definition) is 3. The van der Waals surface area contributed by atoms with E-state index in [0.717, 1.165) is 25.3 Å². The van der Waals surface area contributed by atoms with E-state index in [9.17, 15) is 28.0 Å². The Bertz CT molecular complexity index is 1740. The number of benzene rings is 2. The van der Waals surface area contributed by atoms with E-state index in [1.807, 2.05) is 0 Å². The summed E-state index contributed by atoms with van der Waals surface area (Å²) in [5.41, 5.74) is 5.34. The second-order valence-electron chi connectivity index (χ2n) is 9.15. The molecular formula is C29H27F2N5O6S. The molecule has 4 rings (SSSR count). The number of primary amides is 1. The number of halogens is 2. The number of thiazole rings is 1. The van der Waals surface area contributed by atoms with E-state index in [2.05, 4.69) is 20.4 Å². The normalized spacial score (nSPS) is 11.8. The topological polar surface area (TPSA) is 155 Å². The van der Waals surface area contributed by atoms with Crippen molar-refractivity contribution in [3.05, 3.63) is 99.4 Å². The summed E-state index contributed by atoms with van der Waals surface area (Å²) in [4.78, 5) is 53.4. The van der Waals surface area contributed by atoms with Gasteiger partial charge in [0.1, 0.15) is 40.7 Å². The van der Waals surface area contributed by atoms with Gasteiger partial charge in [0, 0.05) is 17.8 Å². The minimum absolute atomic E-state index is 0.0247. The van der Waals surface area contributed by atoms with Crippen molar-refractivity contribution < 1.29 is 32.6 Å². The Morgan fingerprint density at radius 2 is 1.98 bits per heavy atom. The molecule has 3 amide bonds. The van der Waals surface area contributed by atoms with Crippen molar-refractivity contribution >= 4 is 45.1 Å². The Kier molecular flexibility index (Phi) is 10.2. The first kappa shape index (κ1) is 30.8. The fraction of sp³-hybridized carbons (Fsp3) is 0.207. The van der Waals surface area contributed by atoms with Gasteiger partial charge in [0.05, 0.1) is 23.9 Å². The summed E-state index contributed by atoms with van der Waals surface area (Å²) in [6.45, 7) is -0.0391. The van der Waals surface area contributed by atoms with Crippen molar-refractivity contribution in [1.82, 2.24) is 14.9 Å². The van der Waals surface area contributed by atoms with Crippen LogP contribution in [0.15, 0.2) is 71.7 Å². The maximum Gasteiger partial charge on any atom is 0.407 e. The first-order valence-electron chi connectivity index (χ1n) is 12.9. The van der Waals surface area contributed by atoms with Gasteiger partial charge in [-0.05, 0) is 55.3 Å². The third kappa shape index (κ3) is 8.23. The zero-order valence-electron chi connectivity index (χ0n) is 22.8. The molecule has 2 aromatic heterocycles. The van der Waals surface area contributed by atoms with E-state index in [1.54, 1.807) is 24.3 Å². The lowest BCUT2D eigenvalue weighted by Crippen LogP contribution is -2.44. The van der Waals surface area contributed by atoms with Gasteiger partial charge in [-0.2, -0.15) is 0 Å². The van der Waals surface area contributed by atoms with Crippen LogP contribution < -0.4 is 26.7 Å². The zero-order valence-corrected chi connectivity index (χ0v) is 23.7. The fourth-order valence-electron chi connectivity index (χ4n) is 4.00. The van der Waals surface area contributed by atoms with Gasteiger partial charge < -0.3 is 30.4 Å². The first-order chi connectivity index (χ1) is 20.6. The van der Waals surface area contributed by atoms with E-state index < -0.39 is 41.1 Å². The number of allylic oxidation sites excluding steroid dienone is 1. The average Bonchev–Trinajstić information content (AvgIpc) is 3.39. The number of fused-ring (bicyclic) bond motifs is 1. The number of amides is 3. The zero-order chi connectivity index (χ0) is 30.9. The molecule has 1 atom stereocenters. The molecule has 2 aromatic carbocycles. The summed E-state index contributed by atoms with van der Waals surface area (Å²) < 4.78 is 39.7. The summed E-state index contributed by atoms with van der Waals surface area (Å²) in [6.07, 6.45) is 3.66. The molecule has 2 heterocycles. The van der Waals surface area contributed by atoms with Crippen LogP contribution in [0.25, 0.3) is 10.2 Å². The predicted octanol–water partition coefficient (Wildman–Crippen LogP) is 3.85. The van der Waals surface area contributed by atoms with Crippen molar-refractivity contribution in [3.63, 3.8) is 0 Å². The molecule has 4 aromatic rings. The number of anilines is 1. The third-order valence-corrected chi connectivity index (χ3v) is 7.17. The number of aromatic nitrogens is 2. The molecule has 4 N–H and O–H groups in total. The molecule has 0 aliphatic carbocycles. The van der Waals surface area contributed by atoms with E-state index in [1.165, 1.54) is 40.3 Å². The molecule has 0 saturated carbocycles. The van der Waals surface area contributed by atoms with Crippen LogP contribution >= 0.6 is 11.3 Å². The number of carbonyl (C=O) groups is 3. The monoisotopic (exact) mass is 611 g/mol. The van der Waals surface area contributed by atoms with Gasteiger partial charge >= 0.3 is 6.09 Å². The molecule has 43 heavy (non-hydrogen) atoms. The molecule has 0 radical (unpaired) electrons. The van der Waals surface area contributed by atoms with Crippen LogP contribution in [0.5, 0.6) is 5.75 Å². The molecule has 11 nitrogen and oxygen atoms in total. The molecule has 0 bridgehead atoms. The number of pyridine rings is 1. The lowest BCUT2D eigenvalue weighted by Gasteiger charge is -2.17. The number of methoxy groups -OCH3 is 1. The second-order valence-corrected chi connectivity index (χ2v) is 10.2. The number of nitrogens with one attached hydrogen (secondary N) is 2. The van der Waals surface area contributed by atoms with Crippen LogP contribution in [-0.2, 0) is 27.5 Å². The molecule has 14 heteroatoms. The number of nitrogens with two attached hydrogens (primary N) is 1. The fourth-order valence-corrected chi connectivity index (χ4v) is 5.03. The van der Waals surface area contributed by atoms with Crippen molar-refractivity contribution in [2.24, 2.45) is 5.73 Å². The Hall–Kier alpha value is -5.11. The van der Waals surface area contributed by atoms with Crippen molar-refractivity contribution in [2.45, 2.75) is 32.0 Å². The quantitative estimate of drug-likeness (QED) is 0.206. The number of hydrogen-bond acceptors (Lipinski definition) is 8. The van der Waals surface area contributed by atoms with Gasteiger partial charge in [-0.25, -0.2) is 18.6 Å². The molecule has 0 aliphatic rings. The highest BCUT2D eigenvalue weighted by atomic mass is 32.1. The number of nitrogens with zero attached hydrogens (tertiary/aromatic N) is 2. The average molecular weight is 612 g/mol. The predicted molar refractivity (Wildman–Crippen MR) is 156 cm³/mol. The lowest BCUT2D eigenvalue weighted by molar-refractivity contribution is -0.118. The van der Waals surface area contributed by atoms with E-state index in [-0.39, 0.29) is 37.2 Å². The van der Waals surface area contributed by atoms with Gasteiger partial charge in [-0.15, -0.1) is 11.3 Å². The van der Waals surface area contributed by atoms with Gasteiger partial charge in [0.25, 0.3) is 5.56 Å². The van der Waals surface area contributed by atoms with Crippen molar-refractivity contribution in [2.75, 3.05) is 12.4 Å². The molecule has 224 valence electrons. The Morgan fingerprint density at radius 3 is 2.72 bits per heavy atom. The van der Waals surface area contributed by atoms with Crippen molar-refractivity contribution in [3.8, 4) is 5.75 Å². The van der Waals surface area contributed by atoms with Crippen LogP contribution in [0.4, 0.5) is 19.3 Å². The smallest absolute Gasteiger partial charge is 0.407 e. The third-order valence-electron chi connectivity index (χ3n) is 6.10. The summed E-state index contributed by atoms with van der Waals surface area (Å²) in [6, 6.07) is 10.4. The van der Waals surface area contributed by atoms with E-state index in [4.69, 9.17) is 10.5 Å². The Labute approximate surface area is 247 Å². The van der Waals surface area contributed by atoms with E-state index >= 15 is 0 Å². The van der Waals surface area contributed by atoms with Gasteiger partial charge in [-0.3, -0.25) is 14.4 Å². The summed E-state index contributed by atoms with van der Waals surface area (Å²) in [7, 11) is 1.15. The largest absolute Gasteiger partial charge is 0.487 e. The summed E-state index contributed by atoms with van der Waals surface area (Å²) in [5.74, 6) is -2.25. The first-order valence-corrected chi connectivity index (χ1v) is 13.7.